The number of rotatable bonds is 2. The number of alkyl halides is 3. The smallest absolute Gasteiger partial charge is 0.384 e. The summed E-state index contributed by atoms with van der Waals surface area (Å²) in [6.07, 6.45) is 3.72. The zero-order valence-corrected chi connectivity index (χ0v) is 16.1. The average molecular weight is 374 g/mol. The van der Waals surface area contributed by atoms with Crippen molar-refractivity contribution in [3.63, 3.8) is 0 Å². The summed E-state index contributed by atoms with van der Waals surface area (Å²) in [5, 5.41) is 10.4. The SMILES string of the molecule is COC[C@]12CC[C@](O)(C(F)(F)F)C[C@H]1CC[C@H]1[C@@H]3CCC[C@@]3(C)CC[C@@H]12. The third-order valence-electron chi connectivity index (χ3n) is 9.15. The molecule has 7 atom stereocenters. The van der Waals surface area contributed by atoms with Crippen molar-refractivity contribution in [1.82, 2.24) is 0 Å². The average Bonchev–Trinajstić information content (AvgIpc) is 2.96. The number of ether oxygens (including phenoxy) is 1. The molecular weight excluding hydrogens is 341 g/mol. The molecule has 0 aliphatic heterocycles. The zero-order chi connectivity index (χ0) is 18.8. The van der Waals surface area contributed by atoms with Crippen LogP contribution in [0.1, 0.15) is 71.1 Å². The van der Waals surface area contributed by atoms with Crippen molar-refractivity contribution in [1.29, 1.82) is 0 Å². The number of hydrogen-bond donors (Lipinski definition) is 1. The molecule has 0 aromatic heterocycles. The van der Waals surface area contributed by atoms with E-state index in [2.05, 4.69) is 6.92 Å². The predicted molar refractivity (Wildman–Crippen MR) is 93.6 cm³/mol. The summed E-state index contributed by atoms with van der Waals surface area (Å²) in [5.74, 6) is 1.77. The van der Waals surface area contributed by atoms with Crippen LogP contribution in [0.15, 0.2) is 0 Å². The molecule has 0 radical (unpaired) electrons. The quantitative estimate of drug-likeness (QED) is 0.707. The van der Waals surface area contributed by atoms with Gasteiger partial charge in [-0.15, -0.1) is 0 Å². The number of fused-ring (bicyclic) bond motifs is 5. The molecule has 4 rings (SSSR count). The Kier molecular flexibility index (Phi) is 4.47. The van der Waals surface area contributed by atoms with Gasteiger partial charge in [0.1, 0.15) is 0 Å². The van der Waals surface area contributed by atoms with E-state index in [0.29, 0.717) is 30.3 Å². The van der Waals surface area contributed by atoms with Gasteiger partial charge in [0, 0.05) is 7.11 Å². The van der Waals surface area contributed by atoms with Crippen molar-refractivity contribution in [2.75, 3.05) is 13.7 Å². The van der Waals surface area contributed by atoms with Crippen LogP contribution in [0.5, 0.6) is 0 Å². The summed E-state index contributed by atoms with van der Waals surface area (Å²) < 4.78 is 46.0. The second-order valence-electron chi connectivity index (χ2n) is 10.1. The maximum atomic E-state index is 13.5. The molecule has 4 aliphatic rings. The molecule has 1 N–H and O–H groups in total. The summed E-state index contributed by atoms with van der Waals surface area (Å²) in [6, 6.07) is 0. The second kappa shape index (κ2) is 6.10. The topological polar surface area (TPSA) is 29.5 Å². The Morgan fingerprint density at radius 1 is 1.00 bits per heavy atom. The van der Waals surface area contributed by atoms with Crippen molar-refractivity contribution in [3.05, 3.63) is 0 Å². The van der Waals surface area contributed by atoms with E-state index in [1.54, 1.807) is 7.11 Å². The monoisotopic (exact) mass is 374 g/mol. The highest BCUT2D eigenvalue weighted by Gasteiger charge is 2.65. The third-order valence-corrected chi connectivity index (χ3v) is 9.15. The highest BCUT2D eigenvalue weighted by atomic mass is 19.4. The predicted octanol–water partition coefficient (Wildman–Crippen LogP) is 5.34. The van der Waals surface area contributed by atoms with Gasteiger partial charge >= 0.3 is 6.18 Å². The van der Waals surface area contributed by atoms with E-state index in [-0.39, 0.29) is 24.2 Å². The summed E-state index contributed by atoms with van der Waals surface area (Å²) in [4.78, 5) is 0. The molecule has 26 heavy (non-hydrogen) atoms. The Bertz CT molecular complexity index is 550. The fourth-order valence-electron chi connectivity index (χ4n) is 7.85. The summed E-state index contributed by atoms with van der Waals surface area (Å²) in [5.41, 5.74) is -2.22. The lowest BCUT2D eigenvalue weighted by Gasteiger charge is -2.62. The molecular formula is C21H33F3O2. The van der Waals surface area contributed by atoms with E-state index >= 15 is 0 Å². The number of hydrogen-bond acceptors (Lipinski definition) is 2. The minimum atomic E-state index is -4.53. The Morgan fingerprint density at radius 3 is 2.46 bits per heavy atom. The van der Waals surface area contributed by atoms with Gasteiger partial charge in [0.2, 0.25) is 0 Å². The zero-order valence-electron chi connectivity index (χ0n) is 16.1. The maximum Gasteiger partial charge on any atom is 0.417 e. The van der Waals surface area contributed by atoms with Crippen LogP contribution in [0.2, 0.25) is 0 Å². The van der Waals surface area contributed by atoms with Gasteiger partial charge in [-0.1, -0.05) is 13.3 Å². The van der Waals surface area contributed by atoms with Crippen LogP contribution < -0.4 is 0 Å². The summed E-state index contributed by atoms with van der Waals surface area (Å²) >= 11 is 0. The second-order valence-corrected chi connectivity index (χ2v) is 10.1. The molecule has 2 nitrogen and oxygen atoms in total. The van der Waals surface area contributed by atoms with Gasteiger partial charge < -0.3 is 9.84 Å². The first-order valence-corrected chi connectivity index (χ1v) is 10.4. The maximum absolute atomic E-state index is 13.5. The first kappa shape index (κ1) is 19.0. The fourth-order valence-corrected chi connectivity index (χ4v) is 7.85. The van der Waals surface area contributed by atoms with Gasteiger partial charge in [-0.05, 0) is 92.3 Å². The summed E-state index contributed by atoms with van der Waals surface area (Å²) in [6.45, 7) is 3.00. The van der Waals surface area contributed by atoms with E-state index in [1.165, 1.54) is 25.7 Å². The van der Waals surface area contributed by atoms with Gasteiger partial charge in [0.05, 0.1) is 6.61 Å². The van der Waals surface area contributed by atoms with Crippen molar-refractivity contribution in [2.24, 2.45) is 34.5 Å². The normalized spacial score (nSPS) is 51.5. The summed E-state index contributed by atoms with van der Waals surface area (Å²) in [7, 11) is 1.68. The molecule has 0 heterocycles. The Labute approximate surface area is 154 Å². The largest absolute Gasteiger partial charge is 0.417 e. The number of aliphatic hydroxyl groups is 1. The Hall–Kier alpha value is -0.290. The van der Waals surface area contributed by atoms with Crippen LogP contribution in [0.3, 0.4) is 0 Å². The number of halogens is 3. The van der Waals surface area contributed by atoms with Crippen molar-refractivity contribution in [2.45, 2.75) is 82.9 Å². The molecule has 150 valence electrons. The van der Waals surface area contributed by atoms with E-state index < -0.39 is 11.8 Å². The lowest BCUT2D eigenvalue weighted by Crippen LogP contribution is -2.61. The highest BCUT2D eigenvalue weighted by Crippen LogP contribution is 2.67. The van der Waals surface area contributed by atoms with E-state index in [1.807, 2.05) is 0 Å². The Morgan fingerprint density at radius 2 is 1.77 bits per heavy atom. The third kappa shape index (κ3) is 2.59. The molecule has 0 unspecified atom stereocenters. The first-order valence-electron chi connectivity index (χ1n) is 10.4. The van der Waals surface area contributed by atoms with Crippen molar-refractivity contribution >= 4 is 0 Å². The molecule has 0 aromatic carbocycles. The lowest BCUT2D eigenvalue weighted by atomic mass is 9.44. The van der Waals surface area contributed by atoms with Crippen molar-refractivity contribution < 1.29 is 23.0 Å². The number of methoxy groups -OCH3 is 1. The molecule has 0 bridgehead atoms. The van der Waals surface area contributed by atoms with Gasteiger partial charge in [0.15, 0.2) is 5.60 Å². The van der Waals surface area contributed by atoms with Crippen LogP contribution in [0, 0.1) is 34.5 Å². The van der Waals surface area contributed by atoms with Gasteiger partial charge in [-0.25, -0.2) is 0 Å². The minimum Gasteiger partial charge on any atom is -0.384 e. The van der Waals surface area contributed by atoms with Gasteiger partial charge in [0.25, 0.3) is 0 Å². The minimum absolute atomic E-state index is 0.0742. The molecule has 5 heteroatoms. The molecule has 0 aromatic rings. The van der Waals surface area contributed by atoms with Crippen molar-refractivity contribution in [3.8, 4) is 0 Å². The standard InChI is InChI=1S/C21H33F3O2/c1-18-8-3-4-16(18)15-6-5-14-12-20(25,21(22,23)24)11-10-19(14,13-26-2)17(15)7-9-18/h14-17,25H,3-13H2,1-2H3/t14-,15+,16+,17+,18+,19-,20-/m1/s1. The molecule has 4 fully saturated rings. The molecule has 4 saturated carbocycles. The highest BCUT2D eigenvalue weighted by molar-refractivity contribution is 5.11. The molecule has 0 amide bonds. The lowest BCUT2D eigenvalue weighted by molar-refractivity contribution is -0.294. The molecule has 0 saturated heterocycles. The van der Waals surface area contributed by atoms with Crippen LogP contribution >= 0.6 is 0 Å². The van der Waals surface area contributed by atoms with Crippen LogP contribution in [0.4, 0.5) is 13.2 Å². The van der Waals surface area contributed by atoms with E-state index in [0.717, 1.165) is 25.2 Å². The Balaban J connectivity index is 1.64. The van der Waals surface area contributed by atoms with Crippen LogP contribution in [-0.2, 0) is 4.74 Å². The van der Waals surface area contributed by atoms with Crippen LogP contribution in [0.25, 0.3) is 0 Å². The van der Waals surface area contributed by atoms with Gasteiger partial charge in [-0.3, -0.25) is 0 Å². The van der Waals surface area contributed by atoms with Crippen LogP contribution in [-0.4, -0.2) is 30.6 Å². The van der Waals surface area contributed by atoms with E-state index in [4.69, 9.17) is 4.74 Å². The molecule has 0 spiro atoms. The van der Waals surface area contributed by atoms with Gasteiger partial charge in [-0.2, -0.15) is 13.2 Å². The fraction of sp³-hybridized carbons (Fsp3) is 1.00. The first-order chi connectivity index (χ1) is 12.2. The molecule has 4 aliphatic carbocycles. The van der Waals surface area contributed by atoms with E-state index in [9.17, 15) is 18.3 Å².